The smallest absolute Gasteiger partial charge is 0.394 e. The van der Waals surface area contributed by atoms with Crippen LogP contribution in [0.4, 0.5) is 37.7 Å². The molecule has 0 spiro atoms. The van der Waals surface area contributed by atoms with Crippen molar-refractivity contribution in [2.75, 3.05) is 11.9 Å². The summed E-state index contributed by atoms with van der Waals surface area (Å²) >= 11 is 0. The largest absolute Gasteiger partial charge is 0.416 e. The minimum absolute atomic E-state index is 0.00632. The molecule has 3 rings (SSSR count). The van der Waals surface area contributed by atoms with Crippen LogP contribution in [-0.4, -0.2) is 31.9 Å². The maximum absolute atomic E-state index is 13.1. The summed E-state index contributed by atoms with van der Waals surface area (Å²) in [4.78, 5) is 1.01. The number of nitrogens with zero attached hydrogens (tertiary/aromatic N) is 4. The minimum Gasteiger partial charge on any atom is -0.394 e. The molecule has 2 N–H and O–H groups in total. The number of hydrogen-bond acceptors (Lipinski definition) is 5. The lowest BCUT2D eigenvalue weighted by Crippen LogP contribution is -2.07. The number of halogens is 6. The molecule has 12 heteroatoms. The number of anilines is 2. The molecule has 3 aromatic rings. The van der Waals surface area contributed by atoms with Gasteiger partial charge in [-0.05, 0) is 47.7 Å². The van der Waals surface area contributed by atoms with Crippen LogP contribution >= 0.6 is 0 Å². The zero-order valence-corrected chi connectivity index (χ0v) is 14.5. The van der Waals surface area contributed by atoms with Crippen molar-refractivity contribution in [1.29, 1.82) is 0 Å². The molecule has 0 saturated heterocycles. The summed E-state index contributed by atoms with van der Waals surface area (Å²) in [6.45, 7) is -0.303. The van der Waals surface area contributed by atoms with Crippen molar-refractivity contribution in [3.05, 3.63) is 53.6 Å². The van der Waals surface area contributed by atoms with Gasteiger partial charge in [0.1, 0.15) is 0 Å². The molecule has 29 heavy (non-hydrogen) atoms. The first-order valence-corrected chi connectivity index (χ1v) is 8.12. The monoisotopic (exact) mass is 417 g/mol. The third-order valence-electron chi connectivity index (χ3n) is 3.83. The number of aliphatic hydroxyl groups is 1. The highest BCUT2D eigenvalue weighted by atomic mass is 19.4. The topological polar surface area (TPSA) is 75.9 Å². The number of tetrazole rings is 1. The van der Waals surface area contributed by atoms with Gasteiger partial charge in [0, 0.05) is 16.9 Å². The maximum Gasteiger partial charge on any atom is 0.416 e. The fourth-order valence-corrected chi connectivity index (χ4v) is 2.45. The number of benzene rings is 2. The van der Waals surface area contributed by atoms with E-state index in [2.05, 4.69) is 20.7 Å². The van der Waals surface area contributed by atoms with Crippen molar-refractivity contribution in [2.24, 2.45) is 0 Å². The maximum atomic E-state index is 13.1. The molecule has 1 aromatic heterocycles. The highest BCUT2D eigenvalue weighted by Gasteiger charge is 2.32. The number of aliphatic hydroxyl groups excluding tert-OH is 1. The van der Waals surface area contributed by atoms with Gasteiger partial charge in [-0.25, -0.2) is 0 Å². The third-order valence-corrected chi connectivity index (χ3v) is 3.83. The highest BCUT2D eigenvalue weighted by Crippen LogP contribution is 2.36. The predicted molar refractivity (Wildman–Crippen MR) is 90.1 cm³/mol. The Morgan fingerprint density at radius 3 is 2.10 bits per heavy atom. The van der Waals surface area contributed by atoms with Gasteiger partial charge in [-0.3, -0.25) is 0 Å². The standard InChI is InChI=1S/C17H13F6N5O/c18-16(19,20)10-1-4-12(5-2-10)24-14-6-3-11(17(21,22)23)9-13(14)15-25-27-28(26-15)7-8-29/h1-6,9,24,29H,7-8H2. The molecule has 2 aromatic carbocycles. The van der Waals surface area contributed by atoms with Crippen molar-refractivity contribution < 1.29 is 31.4 Å². The van der Waals surface area contributed by atoms with E-state index in [0.29, 0.717) is 0 Å². The van der Waals surface area contributed by atoms with Crippen molar-refractivity contribution in [1.82, 2.24) is 20.2 Å². The van der Waals surface area contributed by atoms with Crippen LogP contribution in [0.1, 0.15) is 11.1 Å². The van der Waals surface area contributed by atoms with Gasteiger partial charge >= 0.3 is 12.4 Å². The molecule has 0 aliphatic heterocycles. The normalized spacial score (nSPS) is 12.2. The van der Waals surface area contributed by atoms with Crippen molar-refractivity contribution >= 4 is 11.4 Å². The average molecular weight is 417 g/mol. The lowest BCUT2D eigenvalue weighted by molar-refractivity contribution is -0.138. The number of nitrogens with one attached hydrogen (secondary N) is 1. The summed E-state index contributed by atoms with van der Waals surface area (Å²) in [5.74, 6) is -0.140. The Balaban J connectivity index is 1.98. The van der Waals surface area contributed by atoms with Crippen LogP contribution in [0, 0.1) is 0 Å². The molecule has 0 fully saturated rings. The molecule has 1 heterocycles. The van der Waals surface area contributed by atoms with E-state index in [1.54, 1.807) is 0 Å². The van der Waals surface area contributed by atoms with Crippen LogP contribution in [0.25, 0.3) is 11.4 Å². The quantitative estimate of drug-likeness (QED) is 0.611. The summed E-state index contributed by atoms with van der Waals surface area (Å²) < 4.78 is 77.4. The molecule has 0 saturated carbocycles. The van der Waals surface area contributed by atoms with Gasteiger partial charge in [0.25, 0.3) is 0 Å². The second-order valence-corrected chi connectivity index (χ2v) is 5.89. The number of hydrogen-bond donors (Lipinski definition) is 2. The van der Waals surface area contributed by atoms with Crippen LogP contribution in [0.15, 0.2) is 42.5 Å². The molecular formula is C17H13F6N5O. The lowest BCUT2D eigenvalue weighted by Gasteiger charge is -2.14. The van der Waals surface area contributed by atoms with E-state index in [0.717, 1.165) is 47.3 Å². The molecule has 0 atom stereocenters. The molecular weight excluding hydrogens is 404 g/mol. The second-order valence-electron chi connectivity index (χ2n) is 5.89. The zero-order valence-electron chi connectivity index (χ0n) is 14.5. The first kappa shape index (κ1) is 20.6. The molecule has 0 aliphatic rings. The molecule has 0 unspecified atom stereocenters. The van der Waals surface area contributed by atoms with E-state index < -0.39 is 23.5 Å². The third kappa shape index (κ3) is 4.83. The van der Waals surface area contributed by atoms with Crippen LogP contribution < -0.4 is 5.32 Å². The summed E-state index contributed by atoms with van der Waals surface area (Å²) in [6, 6.07) is 6.77. The van der Waals surface area contributed by atoms with Gasteiger partial charge < -0.3 is 10.4 Å². The van der Waals surface area contributed by atoms with Gasteiger partial charge in [-0.2, -0.15) is 31.1 Å². The molecule has 0 aliphatic carbocycles. The highest BCUT2D eigenvalue weighted by molar-refractivity contribution is 5.78. The Kier molecular flexibility index (Phi) is 5.46. The van der Waals surface area contributed by atoms with E-state index in [-0.39, 0.29) is 35.9 Å². The van der Waals surface area contributed by atoms with Crippen LogP contribution in [-0.2, 0) is 18.9 Å². The van der Waals surface area contributed by atoms with Crippen LogP contribution in [0.5, 0.6) is 0 Å². The van der Waals surface area contributed by atoms with Crippen molar-refractivity contribution in [3.63, 3.8) is 0 Å². The molecule has 0 radical (unpaired) electrons. The Morgan fingerprint density at radius 1 is 0.897 bits per heavy atom. The average Bonchev–Trinajstić information content (AvgIpc) is 3.09. The van der Waals surface area contributed by atoms with E-state index in [4.69, 9.17) is 5.11 Å². The van der Waals surface area contributed by atoms with E-state index in [1.807, 2.05) is 0 Å². The van der Waals surface area contributed by atoms with Crippen LogP contribution in [0.2, 0.25) is 0 Å². The van der Waals surface area contributed by atoms with E-state index in [1.165, 1.54) is 0 Å². The lowest BCUT2D eigenvalue weighted by atomic mass is 10.1. The van der Waals surface area contributed by atoms with Crippen molar-refractivity contribution in [3.8, 4) is 11.4 Å². The SMILES string of the molecule is OCCn1nnc(-c2cc(C(F)(F)F)ccc2Nc2ccc(C(F)(F)F)cc2)n1. The van der Waals surface area contributed by atoms with E-state index in [9.17, 15) is 26.3 Å². The second kappa shape index (κ2) is 7.70. The summed E-state index contributed by atoms with van der Waals surface area (Å²) in [7, 11) is 0. The summed E-state index contributed by atoms with van der Waals surface area (Å²) in [5.41, 5.74) is -1.50. The number of aromatic nitrogens is 4. The van der Waals surface area contributed by atoms with Gasteiger partial charge in [0.05, 0.1) is 24.3 Å². The Bertz CT molecular complexity index is 981. The van der Waals surface area contributed by atoms with Crippen molar-refractivity contribution in [2.45, 2.75) is 18.9 Å². The first-order valence-electron chi connectivity index (χ1n) is 8.12. The minimum atomic E-state index is -4.62. The summed E-state index contributed by atoms with van der Waals surface area (Å²) in [5, 5.41) is 22.9. The molecule has 154 valence electrons. The fourth-order valence-electron chi connectivity index (χ4n) is 2.45. The fraction of sp³-hybridized carbons (Fsp3) is 0.235. The molecule has 0 amide bonds. The molecule has 0 bridgehead atoms. The van der Waals surface area contributed by atoms with Gasteiger partial charge in [0.15, 0.2) is 0 Å². The Morgan fingerprint density at radius 2 is 1.52 bits per heavy atom. The number of alkyl halides is 6. The molecule has 6 nitrogen and oxygen atoms in total. The van der Waals surface area contributed by atoms with Gasteiger partial charge in [-0.1, -0.05) is 0 Å². The summed E-state index contributed by atoms with van der Waals surface area (Å²) in [6.07, 6.45) is -9.13. The Hall–Kier alpha value is -3.15. The van der Waals surface area contributed by atoms with Gasteiger partial charge in [0.2, 0.25) is 5.82 Å². The number of rotatable bonds is 5. The zero-order chi connectivity index (χ0) is 21.2. The first-order chi connectivity index (χ1) is 13.6. The van der Waals surface area contributed by atoms with E-state index >= 15 is 0 Å². The van der Waals surface area contributed by atoms with Gasteiger partial charge in [-0.15, -0.1) is 10.2 Å². The predicted octanol–water partition coefficient (Wildman–Crippen LogP) is 4.11. The van der Waals surface area contributed by atoms with Crippen LogP contribution in [0.3, 0.4) is 0 Å². The Labute approximate surface area is 159 Å².